The molecule has 0 aliphatic carbocycles. The van der Waals surface area contributed by atoms with Crippen LogP contribution in [0.2, 0.25) is 0 Å². The summed E-state index contributed by atoms with van der Waals surface area (Å²) in [6, 6.07) is 12.8. The molecule has 0 fully saturated rings. The first-order valence-corrected chi connectivity index (χ1v) is 7.09. The third-order valence-corrected chi connectivity index (χ3v) is 3.45. The first-order chi connectivity index (χ1) is 9.83. The smallest absolute Gasteiger partial charge is 0.118 e. The summed E-state index contributed by atoms with van der Waals surface area (Å²) < 4.78 is 5.19. The number of benzene rings is 1. The molecule has 0 saturated carbocycles. The Hall–Kier alpha value is -1.87. The second-order valence-electron chi connectivity index (χ2n) is 4.80. The number of hydrogen-bond acceptors (Lipinski definition) is 3. The molecule has 1 unspecified atom stereocenters. The Bertz CT molecular complexity index is 496. The van der Waals surface area contributed by atoms with Crippen LogP contribution in [-0.4, -0.2) is 18.6 Å². The average molecular weight is 270 g/mol. The molecule has 1 aromatic heterocycles. The summed E-state index contributed by atoms with van der Waals surface area (Å²) in [6.45, 7) is 3.15. The summed E-state index contributed by atoms with van der Waals surface area (Å²) >= 11 is 0. The van der Waals surface area contributed by atoms with Gasteiger partial charge in [-0.25, -0.2) is 0 Å². The van der Waals surface area contributed by atoms with Crippen molar-refractivity contribution >= 4 is 0 Å². The van der Waals surface area contributed by atoms with Crippen LogP contribution < -0.4 is 10.1 Å². The van der Waals surface area contributed by atoms with Crippen LogP contribution >= 0.6 is 0 Å². The first kappa shape index (κ1) is 14.5. The summed E-state index contributed by atoms with van der Waals surface area (Å²) in [4.78, 5) is 4.14. The predicted molar refractivity (Wildman–Crippen MR) is 82.0 cm³/mol. The molecular weight excluding hydrogens is 248 g/mol. The number of ether oxygens (including phenoxy) is 1. The van der Waals surface area contributed by atoms with Crippen LogP contribution in [0.1, 0.15) is 30.5 Å². The summed E-state index contributed by atoms with van der Waals surface area (Å²) in [7, 11) is 1.69. The van der Waals surface area contributed by atoms with Crippen LogP contribution in [0.4, 0.5) is 0 Å². The third-order valence-electron chi connectivity index (χ3n) is 3.45. The number of nitrogens with one attached hydrogen (secondary N) is 1. The fourth-order valence-electron chi connectivity index (χ4n) is 2.27. The average Bonchev–Trinajstić information content (AvgIpc) is 2.53. The van der Waals surface area contributed by atoms with Crippen molar-refractivity contribution in [2.75, 3.05) is 13.7 Å². The van der Waals surface area contributed by atoms with E-state index < -0.39 is 0 Å². The summed E-state index contributed by atoms with van der Waals surface area (Å²) in [5.74, 6) is 0.902. The van der Waals surface area contributed by atoms with Gasteiger partial charge in [0.05, 0.1) is 7.11 Å². The number of methoxy groups -OCH3 is 1. The van der Waals surface area contributed by atoms with Crippen LogP contribution in [0.25, 0.3) is 0 Å². The molecule has 0 aliphatic rings. The van der Waals surface area contributed by atoms with E-state index in [9.17, 15) is 0 Å². The minimum atomic E-state index is 0.387. The van der Waals surface area contributed by atoms with Gasteiger partial charge in [-0.2, -0.15) is 0 Å². The molecule has 0 spiro atoms. The van der Waals surface area contributed by atoms with Gasteiger partial charge in [0.1, 0.15) is 5.75 Å². The highest BCUT2D eigenvalue weighted by atomic mass is 16.5. The molecule has 1 N–H and O–H groups in total. The molecule has 0 radical (unpaired) electrons. The fourth-order valence-corrected chi connectivity index (χ4v) is 2.27. The molecule has 1 aromatic carbocycles. The van der Waals surface area contributed by atoms with Crippen molar-refractivity contribution in [1.29, 1.82) is 0 Å². The van der Waals surface area contributed by atoms with Gasteiger partial charge < -0.3 is 10.1 Å². The highest BCUT2D eigenvalue weighted by molar-refractivity contribution is 5.29. The zero-order chi connectivity index (χ0) is 14.2. The standard InChI is InChI=1S/C17H22N2O/c1-3-17(15-6-8-16(20-2)9-7-15)19-12-10-14-5-4-11-18-13-14/h4-9,11,13,17,19H,3,10,12H2,1-2H3. The zero-order valence-corrected chi connectivity index (χ0v) is 12.2. The third kappa shape index (κ3) is 4.07. The maximum Gasteiger partial charge on any atom is 0.118 e. The Balaban J connectivity index is 1.88. The van der Waals surface area contributed by atoms with Crippen molar-refractivity contribution in [2.24, 2.45) is 0 Å². The summed E-state index contributed by atoms with van der Waals surface area (Å²) in [6.07, 6.45) is 5.80. The molecule has 0 saturated heterocycles. The van der Waals surface area contributed by atoms with Crippen molar-refractivity contribution in [3.63, 3.8) is 0 Å². The number of rotatable bonds is 7. The van der Waals surface area contributed by atoms with Gasteiger partial charge in [-0.1, -0.05) is 25.1 Å². The number of hydrogen-bond donors (Lipinski definition) is 1. The van der Waals surface area contributed by atoms with Crippen molar-refractivity contribution in [2.45, 2.75) is 25.8 Å². The quantitative estimate of drug-likeness (QED) is 0.837. The molecule has 3 nitrogen and oxygen atoms in total. The van der Waals surface area contributed by atoms with Gasteiger partial charge in [-0.05, 0) is 48.7 Å². The Labute approximate surface area is 121 Å². The Morgan fingerprint density at radius 1 is 1.20 bits per heavy atom. The molecule has 3 heteroatoms. The van der Waals surface area contributed by atoms with Crippen LogP contribution in [0, 0.1) is 0 Å². The lowest BCUT2D eigenvalue weighted by atomic mass is 10.0. The highest BCUT2D eigenvalue weighted by Crippen LogP contribution is 2.19. The maximum atomic E-state index is 5.19. The van der Waals surface area contributed by atoms with Gasteiger partial charge >= 0.3 is 0 Å². The second kappa shape index (κ2) is 7.65. The van der Waals surface area contributed by atoms with E-state index >= 15 is 0 Å². The molecule has 2 rings (SSSR count). The van der Waals surface area contributed by atoms with Gasteiger partial charge in [-0.3, -0.25) is 4.98 Å². The topological polar surface area (TPSA) is 34.2 Å². The fraction of sp³-hybridized carbons (Fsp3) is 0.353. The molecule has 2 aromatic rings. The lowest BCUT2D eigenvalue weighted by molar-refractivity contribution is 0.414. The summed E-state index contributed by atoms with van der Waals surface area (Å²) in [5.41, 5.74) is 2.57. The predicted octanol–water partition coefficient (Wildman–Crippen LogP) is 3.37. The highest BCUT2D eigenvalue weighted by Gasteiger charge is 2.08. The van der Waals surface area contributed by atoms with E-state index in [0.717, 1.165) is 25.1 Å². The van der Waals surface area contributed by atoms with E-state index in [1.165, 1.54) is 11.1 Å². The molecule has 0 bridgehead atoms. The van der Waals surface area contributed by atoms with Gasteiger partial charge in [0.15, 0.2) is 0 Å². The molecule has 1 heterocycles. The second-order valence-corrected chi connectivity index (χ2v) is 4.80. The van der Waals surface area contributed by atoms with Gasteiger partial charge in [0.2, 0.25) is 0 Å². The van der Waals surface area contributed by atoms with Crippen molar-refractivity contribution in [3.05, 3.63) is 59.9 Å². The van der Waals surface area contributed by atoms with Crippen molar-refractivity contribution < 1.29 is 4.74 Å². The van der Waals surface area contributed by atoms with Crippen LogP contribution in [0.15, 0.2) is 48.8 Å². The van der Waals surface area contributed by atoms with E-state index in [-0.39, 0.29) is 0 Å². The van der Waals surface area contributed by atoms with Crippen LogP contribution in [0.5, 0.6) is 5.75 Å². The minimum Gasteiger partial charge on any atom is -0.497 e. The maximum absolute atomic E-state index is 5.19. The number of pyridine rings is 1. The number of aromatic nitrogens is 1. The van der Waals surface area contributed by atoms with Gasteiger partial charge in [-0.15, -0.1) is 0 Å². The van der Waals surface area contributed by atoms with E-state index in [0.29, 0.717) is 6.04 Å². The molecule has 20 heavy (non-hydrogen) atoms. The van der Waals surface area contributed by atoms with Gasteiger partial charge in [0, 0.05) is 18.4 Å². The molecule has 0 amide bonds. The minimum absolute atomic E-state index is 0.387. The van der Waals surface area contributed by atoms with Crippen molar-refractivity contribution in [1.82, 2.24) is 10.3 Å². The monoisotopic (exact) mass is 270 g/mol. The SMILES string of the molecule is CCC(NCCc1cccnc1)c1ccc(OC)cc1. The number of nitrogens with zero attached hydrogens (tertiary/aromatic N) is 1. The molecular formula is C17H22N2O. The lowest BCUT2D eigenvalue weighted by Crippen LogP contribution is -2.23. The molecule has 0 aliphatic heterocycles. The van der Waals surface area contributed by atoms with Crippen molar-refractivity contribution in [3.8, 4) is 5.75 Å². The Morgan fingerprint density at radius 2 is 2.00 bits per heavy atom. The summed E-state index contributed by atoms with van der Waals surface area (Å²) in [5, 5.41) is 3.60. The van der Waals surface area contributed by atoms with E-state index in [2.05, 4.69) is 35.4 Å². The zero-order valence-electron chi connectivity index (χ0n) is 12.2. The van der Waals surface area contributed by atoms with E-state index in [1.807, 2.05) is 30.6 Å². The van der Waals surface area contributed by atoms with E-state index in [1.54, 1.807) is 7.11 Å². The normalized spacial score (nSPS) is 12.1. The van der Waals surface area contributed by atoms with E-state index in [4.69, 9.17) is 4.74 Å². The first-order valence-electron chi connectivity index (χ1n) is 7.09. The molecule has 1 atom stereocenters. The van der Waals surface area contributed by atoms with Crippen LogP contribution in [-0.2, 0) is 6.42 Å². The van der Waals surface area contributed by atoms with Crippen LogP contribution in [0.3, 0.4) is 0 Å². The lowest BCUT2D eigenvalue weighted by Gasteiger charge is -2.17. The van der Waals surface area contributed by atoms with Gasteiger partial charge in [0.25, 0.3) is 0 Å². The Morgan fingerprint density at radius 3 is 2.60 bits per heavy atom. The molecule has 106 valence electrons. The largest absolute Gasteiger partial charge is 0.497 e. The Kier molecular flexibility index (Phi) is 5.56.